The first-order valence-corrected chi connectivity index (χ1v) is 9.99. The third kappa shape index (κ3) is 2.71. The second-order valence-corrected chi connectivity index (χ2v) is 8.48. The van der Waals surface area contributed by atoms with Gasteiger partial charge in [0.25, 0.3) is 0 Å². The van der Waals surface area contributed by atoms with Gasteiger partial charge in [0.2, 0.25) is 5.43 Å². The maximum Gasteiger partial charge on any atom is 0.341 e. The van der Waals surface area contributed by atoms with Crippen molar-refractivity contribution in [1.82, 2.24) is 9.55 Å². The van der Waals surface area contributed by atoms with Crippen molar-refractivity contribution in [3.05, 3.63) is 57.4 Å². The largest absolute Gasteiger partial charge is 0.611 e. The van der Waals surface area contributed by atoms with E-state index in [1.54, 1.807) is 37.5 Å². The zero-order chi connectivity index (χ0) is 20.3. The summed E-state index contributed by atoms with van der Waals surface area (Å²) in [7, 11) is 0. The number of pyridine rings is 2. The van der Waals surface area contributed by atoms with Crippen LogP contribution in [0.15, 0.2) is 34.1 Å². The Labute approximate surface area is 162 Å². The second kappa shape index (κ2) is 6.42. The molecule has 0 spiro atoms. The summed E-state index contributed by atoms with van der Waals surface area (Å²) in [6, 6.07) is 4.17. The zero-order valence-electron chi connectivity index (χ0n) is 15.4. The van der Waals surface area contributed by atoms with Crippen molar-refractivity contribution in [2.75, 3.05) is 5.75 Å². The normalized spacial score (nSPS) is 18.5. The first-order chi connectivity index (χ1) is 13.2. The summed E-state index contributed by atoms with van der Waals surface area (Å²) in [6.45, 7) is 5.37. The van der Waals surface area contributed by atoms with E-state index in [9.17, 15) is 19.2 Å². The Bertz CT molecular complexity index is 1200. The van der Waals surface area contributed by atoms with Crippen molar-refractivity contribution >= 4 is 28.0 Å². The van der Waals surface area contributed by atoms with Crippen LogP contribution in [0.25, 0.3) is 22.0 Å². The quantitative estimate of drug-likeness (QED) is 0.667. The van der Waals surface area contributed by atoms with Crippen LogP contribution in [0, 0.1) is 19.7 Å². The van der Waals surface area contributed by atoms with Gasteiger partial charge in [-0.3, -0.25) is 9.78 Å². The van der Waals surface area contributed by atoms with Crippen LogP contribution in [0.1, 0.15) is 34.7 Å². The monoisotopic (exact) mass is 400 g/mol. The van der Waals surface area contributed by atoms with E-state index in [1.807, 2.05) is 0 Å². The lowest BCUT2D eigenvalue weighted by atomic mass is 10.00. The fourth-order valence-corrected chi connectivity index (χ4v) is 5.44. The standard InChI is InChI=1S/C20H17FN2O4S/c1-9-4-12(5-10(2)22-9)16-15(21)6-13-17-19(16)28(27)8-11(3)23(17)7-14(18(13)24)20(25)26/h4-7,11H,8H2,1-3H3,(H,25,26)/t11-,28?/m0/s1. The van der Waals surface area contributed by atoms with Crippen molar-refractivity contribution in [1.29, 1.82) is 0 Å². The lowest BCUT2D eigenvalue weighted by Crippen LogP contribution is -2.30. The number of benzene rings is 1. The van der Waals surface area contributed by atoms with E-state index in [2.05, 4.69) is 4.98 Å². The average molecular weight is 400 g/mol. The molecule has 1 aliphatic heterocycles. The highest BCUT2D eigenvalue weighted by Gasteiger charge is 2.35. The van der Waals surface area contributed by atoms with E-state index >= 15 is 4.39 Å². The maximum absolute atomic E-state index is 15.2. The summed E-state index contributed by atoms with van der Waals surface area (Å²) < 4.78 is 29.9. The van der Waals surface area contributed by atoms with Gasteiger partial charge >= 0.3 is 5.97 Å². The molecule has 1 aliphatic rings. The van der Waals surface area contributed by atoms with Crippen LogP contribution < -0.4 is 5.43 Å². The molecule has 0 amide bonds. The van der Waals surface area contributed by atoms with Crippen LogP contribution in [0.3, 0.4) is 0 Å². The fourth-order valence-electron chi connectivity index (χ4n) is 3.81. The summed E-state index contributed by atoms with van der Waals surface area (Å²) in [5.41, 5.74) is 1.20. The Balaban J connectivity index is 2.20. The molecule has 1 N–H and O–H groups in total. The minimum atomic E-state index is -1.55. The zero-order valence-corrected chi connectivity index (χ0v) is 16.3. The summed E-state index contributed by atoms with van der Waals surface area (Å²) in [4.78, 5) is 28.7. The Morgan fingerprint density at radius 2 is 1.96 bits per heavy atom. The number of carbonyl (C=O) groups is 1. The number of halogens is 1. The Morgan fingerprint density at radius 1 is 1.32 bits per heavy atom. The lowest BCUT2D eigenvalue weighted by molar-refractivity contribution is 0.0694. The molecule has 0 saturated carbocycles. The molecule has 0 saturated heterocycles. The molecule has 0 fully saturated rings. The lowest BCUT2D eigenvalue weighted by Gasteiger charge is -2.29. The number of nitrogens with zero attached hydrogens (tertiary/aromatic N) is 2. The van der Waals surface area contributed by atoms with E-state index in [0.29, 0.717) is 22.5 Å². The Morgan fingerprint density at radius 3 is 2.57 bits per heavy atom. The molecule has 8 heteroatoms. The Hall–Kier alpha value is -2.71. The molecule has 28 heavy (non-hydrogen) atoms. The van der Waals surface area contributed by atoms with Crippen molar-refractivity contribution in [3.8, 4) is 11.1 Å². The van der Waals surface area contributed by atoms with Gasteiger partial charge in [-0.15, -0.1) is 0 Å². The number of rotatable bonds is 2. The predicted octanol–water partition coefficient (Wildman–Crippen LogP) is 3.20. The number of aromatic carboxylic acids is 1. The molecule has 6 nitrogen and oxygen atoms in total. The molecule has 144 valence electrons. The van der Waals surface area contributed by atoms with Crippen molar-refractivity contribution in [2.45, 2.75) is 31.7 Å². The van der Waals surface area contributed by atoms with Crippen molar-refractivity contribution in [2.24, 2.45) is 0 Å². The molecule has 0 bridgehead atoms. The molecule has 1 unspecified atom stereocenters. The van der Waals surface area contributed by atoms with Gasteiger partial charge in [-0.1, -0.05) is 0 Å². The molecular formula is C20H17FN2O4S. The summed E-state index contributed by atoms with van der Waals surface area (Å²) in [5.74, 6) is -1.88. The predicted molar refractivity (Wildman–Crippen MR) is 104 cm³/mol. The molecule has 2 atom stereocenters. The molecule has 2 aromatic heterocycles. The van der Waals surface area contributed by atoms with Gasteiger partial charge in [-0.05, 0) is 55.7 Å². The number of aromatic nitrogens is 2. The van der Waals surface area contributed by atoms with Crippen LogP contribution in [0.2, 0.25) is 0 Å². The van der Waals surface area contributed by atoms with Crippen LogP contribution in [-0.4, -0.2) is 30.9 Å². The number of carboxylic acids is 1. The van der Waals surface area contributed by atoms with Gasteiger partial charge in [0, 0.05) is 17.6 Å². The van der Waals surface area contributed by atoms with Crippen molar-refractivity contribution < 1.29 is 18.8 Å². The first-order valence-electron chi connectivity index (χ1n) is 8.67. The molecule has 0 aliphatic carbocycles. The highest BCUT2D eigenvalue weighted by molar-refractivity contribution is 7.91. The topological polar surface area (TPSA) is 95.2 Å². The number of hydrogen-bond donors (Lipinski definition) is 1. The number of carboxylic acid groups (broad SMARTS) is 1. The smallest absolute Gasteiger partial charge is 0.341 e. The van der Waals surface area contributed by atoms with E-state index in [1.165, 1.54) is 6.20 Å². The second-order valence-electron chi connectivity index (χ2n) is 7.04. The SMILES string of the molecule is Cc1cc(-c2c(F)cc3c(=O)c(C(=O)O)cn4c3c2[S+]([O-])C[C@@H]4C)cc(C)n1. The van der Waals surface area contributed by atoms with Crippen LogP contribution in [0.5, 0.6) is 0 Å². The molecule has 1 aromatic carbocycles. The van der Waals surface area contributed by atoms with Crippen LogP contribution >= 0.6 is 0 Å². The number of hydrogen-bond acceptors (Lipinski definition) is 4. The van der Waals surface area contributed by atoms with E-state index in [-0.39, 0.29) is 27.6 Å². The van der Waals surface area contributed by atoms with E-state index in [4.69, 9.17) is 0 Å². The fraction of sp³-hybridized carbons (Fsp3) is 0.250. The molecular weight excluding hydrogens is 383 g/mol. The van der Waals surface area contributed by atoms with Crippen LogP contribution in [-0.2, 0) is 11.2 Å². The molecule has 4 rings (SSSR count). The summed E-state index contributed by atoms with van der Waals surface area (Å²) in [6.07, 6.45) is 1.27. The highest BCUT2D eigenvalue weighted by Crippen LogP contribution is 2.40. The molecule has 0 radical (unpaired) electrons. The number of aryl methyl sites for hydroxylation is 2. The van der Waals surface area contributed by atoms with Gasteiger partial charge < -0.3 is 14.2 Å². The molecule has 3 aromatic rings. The first kappa shape index (κ1) is 18.6. The van der Waals surface area contributed by atoms with E-state index < -0.39 is 34.0 Å². The average Bonchev–Trinajstić information content (AvgIpc) is 2.59. The van der Waals surface area contributed by atoms with Gasteiger partial charge in [0.15, 0.2) is 4.90 Å². The third-order valence-electron chi connectivity index (χ3n) is 4.92. The van der Waals surface area contributed by atoms with Gasteiger partial charge in [0.1, 0.15) is 22.7 Å². The van der Waals surface area contributed by atoms with Gasteiger partial charge in [-0.2, -0.15) is 0 Å². The van der Waals surface area contributed by atoms with E-state index in [0.717, 1.165) is 6.07 Å². The van der Waals surface area contributed by atoms with Crippen molar-refractivity contribution in [3.63, 3.8) is 0 Å². The van der Waals surface area contributed by atoms with Gasteiger partial charge in [0.05, 0.1) is 17.0 Å². The third-order valence-corrected chi connectivity index (χ3v) is 6.56. The molecule has 3 heterocycles. The van der Waals surface area contributed by atoms with Gasteiger partial charge in [-0.25, -0.2) is 9.18 Å². The highest BCUT2D eigenvalue weighted by atomic mass is 32.2. The summed E-state index contributed by atoms with van der Waals surface area (Å²) >= 11 is -1.55. The van der Waals surface area contributed by atoms with Crippen LogP contribution in [0.4, 0.5) is 4.39 Å². The Kier molecular flexibility index (Phi) is 4.28. The summed E-state index contributed by atoms with van der Waals surface area (Å²) in [5, 5.41) is 9.29. The maximum atomic E-state index is 15.2. The minimum Gasteiger partial charge on any atom is -0.611 e. The minimum absolute atomic E-state index is 0.0708.